The van der Waals surface area contributed by atoms with E-state index in [1.165, 1.54) is 89.9 Å². The summed E-state index contributed by atoms with van der Waals surface area (Å²) >= 11 is 0. The van der Waals surface area contributed by atoms with Gasteiger partial charge in [0.2, 0.25) is 0 Å². The number of hydrogen-bond acceptors (Lipinski definition) is 6. The third-order valence-corrected chi connectivity index (χ3v) is 7.01. The van der Waals surface area contributed by atoms with Crippen LogP contribution in [0, 0.1) is 0 Å². The van der Waals surface area contributed by atoms with E-state index in [-0.39, 0.29) is 13.2 Å². The van der Waals surface area contributed by atoms with Crippen molar-refractivity contribution in [3.8, 4) is 0 Å². The van der Waals surface area contributed by atoms with E-state index in [9.17, 15) is 9.69 Å². The minimum absolute atomic E-state index is 0.115. The zero-order valence-electron chi connectivity index (χ0n) is 24.3. The third kappa shape index (κ3) is 26.6. The fourth-order valence-electron chi connectivity index (χ4n) is 3.96. The monoisotopic (exact) mass is 536 g/mol. The Labute approximate surface area is 224 Å². The molecule has 0 spiro atoms. The van der Waals surface area contributed by atoms with Gasteiger partial charge in [0.15, 0.2) is 0 Å². The second-order valence-electron chi connectivity index (χ2n) is 10.9. The molecule has 0 amide bonds. The largest absolute Gasteiger partial charge is 0.508 e. The molecule has 0 rings (SSSR count). The van der Waals surface area contributed by atoms with Crippen LogP contribution in [-0.2, 0) is 18.5 Å². The van der Waals surface area contributed by atoms with Gasteiger partial charge < -0.3 is 27.9 Å². The summed E-state index contributed by atoms with van der Waals surface area (Å²) in [6.07, 6.45) is 20.7. The van der Waals surface area contributed by atoms with Crippen LogP contribution in [0.25, 0.3) is 0 Å². The van der Waals surface area contributed by atoms with Crippen molar-refractivity contribution in [1.82, 2.24) is 0 Å². The van der Waals surface area contributed by atoms with Crippen LogP contribution in [0.3, 0.4) is 0 Å². The van der Waals surface area contributed by atoms with Crippen LogP contribution in [-0.4, -0.2) is 69.1 Å². The first-order valence-electron chi connectivity index (χ1n) is 14.7. The topological polar surface area (TPSA) is 74.2 Å². The highest BCUT2D eigenvalue weighted by molar-refractivity contribution is 7.40. The number of quaternary nitrogens is 1. The lowest BCUT2D eigenvalue weighted by Gasteiger charge is -2.24. The van der Waals surface area contributed by atoms with Crippen molar-refractivity contribution in [2.75, 3.05) is 47.5 Å². The van der Waals surface area contributed by atoms with E-state index < -0.39 is 20.9 Å². The fraction of sp³-hybridized carbons (Fsp3) is 0.964. The van der Waals surface area contributed by atoms with Crippen LogP contribution >= 0.6 is 8.60 Å². The summed E-state index contributed by atoms with van der Waals surface area (Å²) in [5.41, 5.74) is 0. The molecule has 0 heterocycles. The quantitative estimate of drug-likeness (QED) is 0.0520. The Bertz CT molecular complexity index is 489. The molecule has 1 N–H and O–H groups in total. The van der Waals surface area contributed by atoms with Gasteiger partial charge in [-0.1, -0.05) is 103 Å². The number of nitrogens with zero attached hydrogens (tertiary/aromatic N) is 1. The zero-order valence-corrected chi connectivity index (χ0v) is 25.2. The highest BCUT2D eigenvalue weighted by Crippen LogP contribution is 2.33. The fourth-order valence-corrected chi connectivity index (χ4v) is 4.57. The van der Waals surface area contributed by atoms with Gasteiger partial charge in [-0.05, 0) is 19.8 Å². The first kappa shape index (κ1) is 35.5. The van der Waals surface area contributed by atoms with Crippen molar-refractivity contribution in [2.45, 2.75) is 129 Å². The predicted octanol–water partition coefficient (Wildman–Crippen LogP) is 8.14. The lowest BCUT2D eigenvalue weighted by molar-refractivity contribution is -0.870. The number of ether oxygens (including phenoxy) is 2. The normalized spacial score (nSPS) is 13.5. The van der Waals surface area contributed by atoms with Crippen molar-refractivity contribution in [3.05, 3.63) is 0 Å². The molecule has 0 radical (unpaired) electrons. The van der Waals surface area contributed by atoms with Gasteiger partial charge in [-0.3, -0.25) is 0 Å². The van der Waals surface area contributed by atoms with Gasteiger partial charge in [-0.15, -0.1) is 0 Å². The molecule has 7 nitrogen and oxygen atoms in total. The van der Waals surface area contributed by atoms with E-state index in [0.29, 0.717) is 13.0 Å². The summed E-state index contributed by atoms with van der Waals surface area (Å²) in [5, 5.41) is 0. The summed E-state index contributed by atoms with van der Waals surface area (Å²) in [5.74, 6) is 0. The number of carbonyl (C=O) groups excluding carboxylic acids is 1. The molecular formula is C28H59NO6P+. The minimum atomic E-state index is -1.98. The van der Waals surface area contributed by atoms with Crippen LogP contribution in [0.1, 0.15) is 123 Å². The van der Waals surface area contributed by atoms with E-state index >= 15 is 0 Å². The Hall–Kier alpha value is -0.460. The number of hydrogen-bond donors (Lipinski definition) is 1. The molecule has 0 aromatic carbocycles. The molecule has 0 aliphatic heterocycles. The Morgan fingerprint density at radius 3 is 1.67 bits per heavy atom. The molecular weight excluding hydrogens is 477 g/mol. The van der Waals surface area contributed by atoms with E-state index in [1.807, 2.05) is 0 Å². The van der Waals surface area contributed by atoms with Crippen LogP contribution < -0.4 is 0 Å². The second kappa shape index (κ2) is 24.9. The SMILES string of the molecule is CCCCCCCCCCCCCCCCCCC(COP(O)OCC[N+](C)(C)C)OC(=O)OCC. The van der Waals surface area contributed by atoms with Gasteiger partial charge >= 0.3 is 14.8 Å². The molecule has 2 unspecified atom stereocenters. The first-order valence-corrected chi connectivity index (χ1v) is 15.8. The Balaban J connectivity index is 3.82. The molecule has 0 fully saturated rings. The molecule has 0 aromatic heterocycles. The van der Waals surface area contributed by atoms with E-state index in [2.05, 4.69) is 28.1 Å². The van der Waals surface area contributed by atoms with Crippen LogP contribution in [0.4, 0.5) is 4.79 Å². The second-order valence-corrected chi connectivity index (χ2v) is 11.9. The van der Waals surface area contributed by atoms with Gasteiger partial charge in [-0.25, -0.2) is 4.79 Å². The Morgan fingerprint density at radius 2 is 1.22 bits per heavy atom. The standard InChI is InChI=1S/C28H59NO6P/c1-6-8-9-10-11-12-13-14-15-16-17-18-19-20-21-22-23-27(35-28(30)32-7-2)26-34-36(31)33-25-24-29(3,4)5/h27,31H,6-26H2,1-5H3/q+1. The number of unbranched alkanes of at least 4 members (excludes halogenated alkanes) is 15. The highest BCUT2D eigenvalue weighted by Gasteiger charge is 2.19. The summed E-state index contributed by atoms with van der Waals surface area (Å²) in [6, 6.07) is 0. The molecule has 0 aliphatic rings. The third-order valence-electron chi connectivity index (χ3n) is 6.24. The average Bonchev–Trinajstić information content (AvgIpc) is 2.81. The molecule has 36 heavy (non-hydrogen) atoms. The molecule has 2 atom stereocenters. The number of rotatable bonds is 26. The van der Waals surface area contributed by atoms with Crippen LogP contribution in [0.15, 0.2) is 0 Å². The maximum absolute atomic E-state index is 11.8. The van der Waals surface area contributed by atoms with Crippen molar-refractivity contribution < 1.29 is 32.7 Å². The maximum Gasteiger partial charge on any atom is 0.508 e. The van der Waals surface area contributed by atoms with Crippen LogP contribution in [0.5, 0.6) is 0 Å². The van der Waals surface area contributed by atoms with E-state index in [4.69, 9.17) is 18.5 Å². The molecule has 216 valence electrons. The summed E-state index contributed by atoms with van der Waals surface area (Å²) in [7, 11) is 4.20. The van der Waals surface area contributed by atoms with Crippen LogP contribution in [0.2, 0.25) is 0 Å². The summed E-state index contributed by atoms with van der Waals surface area (Å²) in [6.45, 7) is 5.59. The van der Waals surface area contributed by atoms with Gasteiger partial charge in [0, 0.05) is 0 Å². The average molecular weight is 537 g/mol. The number of carbonyl (C=O) groups is 1. The predicted molar refractivity (Wildman–Crippen MR) is 150 cm³/mol. The van der Waals surface area contributed by atoms with Crippen molar-refractivity contribution in [1.29, 1.82) is 0 Å². The van der Waals surface area contributed by atoms with E-state index in [1.54, 1.807) is 6.92 Å². The Morgan fingerprint density at radius 1 is 0.750 bits per heavy atom. The summed E-state index contributed by atoms with van der Waals surface area (Å²) < 4.78 is 21.8. The van der Waals surface area contributed by atoms with Gasteiger partial charge in [0.05, 0.1) is 34.4 Å². The smallest absolute Gasteiger partial charge is 0.435 e. The summed E-state index contributed by atoms with van der Waals surface area (Å²) in [4.78, 5) is 21.7. The zero-order chi connectivity index (χ0) is 26.9. The molecule has 8 heteroatoms. The highest BCUT2D eigenvalue weighted by atomic mass is 31.2. The van der Waals surface area contributed by atoms with Crippen molar-refractivity contribution in [2.24, 2.45) is 0 Å². The van der Waals surface area contributed by atoms with Gasteiger partial charge in [0.25, 0.3) is 0 Å². The van der Waals surface area contributed by atoms with Gasteiger partial charge in [-0.2, -0.15) is 0 Å². The molecule has 0 saturated carbocycles. The van der Waals surface area contributed by atoms with Crippen molar-refractivity contribution in [3.63, 3.8) is 0 Å². The lowest BCUT2D eigenvalue weighted by atomic mass is 10.0. The minimum Gasteiger partial charge on any atom is -0.435 e. The first-order chi connectivity index (χ1) is 17.3. The Kier molecular flexibility index (Phi) is 24.5. The molecule has 0 saturated heterocycles. The van der Waals surface area contributed by atoms with E-state index in [0.717, 1.165) is 23.9 Å². The van der Waals surface area contributed by atoms with Crippen molar-refractivity contribution >= 4 is 14.8 Å². The molecule has 0 aromatic rings. The van der Waals surface area contributed by atoms with Gasteiger partial charge in [0.1, 0.15) is 19.3 Å². The molecule has 0 bridgehead atoms. The maximum atomic E-state index is 11.8. The number of likely N-dealkylation sites (N-methyl/N-ethyl adjacent to an activating group) is 1. The lowest BCUT2D eigenvalue weighted by Crippen LogP contribution is -2.37. The molecule has 0 aliphatic carbocycles.